The lowest BCUT2D eigenvalue weighted by atomic mass is 9.72. The Balaban J connectivity index is 2.04. The smallest absolute Gasteiger partial charge is 0.309 e. The molecule has 2 rings (SSSR count). The van der Waals surface area contributed by atoms with Crippen molar-refractivity contribution in [3.63, 3.8) is 0 Å². The van der Waals surface area contributed by atoms with Crippen molar-refractivity contribution in [3.8, 4) is 0 Å². The summed E-state index contributed by atoms with van der Waals surface area (Å²) in [5, 5.41) is 0.217. The lowest BCUT2D eigenvalue weighted by Gasteiger charge is -2.41. The van der Waals surface area contributed by atoms with Crippen molar-refractivity contribution in [2.45, 2.75) is 52.2 Å². The van der Waals surface area contributed by atoms with Crippen LogP contribution in [0.1, 0.15) is 34.1 Å². The second-order valence-electron chi connectivity index (χ2n) is 8.24. The molecule has 1 heterocycles. The van der Waals surface area contributed by atoms with Gasteiger partial charge in [0.25, 0.3) is 0 Å². The molecule has 4 heteroatoms. The molecule has 0 bridgehead atoms. The second kappa shape index (κ2) is 5.88. The Bertz CT molecular complexity index is 422. The quantitative estimate of drug-likeness (QED) is 0.449. The van der Waals surface area contributed by atoms with E-state index in [0.717, 1.165) is 6.42 Å². The molecule has 21 heavy (non-hydrogen) atoms. The van der Waals surface area contributed by atoms with Crippen molar-refractivity contribution in [3.05, 3.63) is 12.2 Å². The highest BCUT2D eigenvalue weighted by Crippen LogP contribution is 2.40. The Morgan fingerprint density at radius 3 is 2.62 bits per heavy atom. The molecule has 0 amide bonds. The average molecular weight is 311 g/mol. The van der Waals surface area contributed by atoms with Crippen molar-refractivity contribution in [2.24, 2.45) is 23.7 Å². The van der Waals surface area contributed by atoms with E-state index in [1.807, 2.05) is 0 Å². The van der Waals surface area contributed by atoms with E-state index < -0.39 is 8.32 Å². The van der Waals surface area contributed by atoms with Crippen LogP contribution in [0.5, 0.6) is 0 Å². The fraction of sp³-hybridized carbons (Fsp3) is 0.824. The van der Waals surface area contributed by atoms with Crippen LogP contribution in [0.4, 0.5) is 0 Å². The van der Waals surface area contributed by atoms with E-state index in [-0.39, 0.29) is 16.9 Å². The minimum absolute atomic E-state index is 0.0141. The summed E-state index contributed by atoms with van der Waals surface area (Å²) in [4.78, 5) is 12.0. The molecule has 1 aliphatic carbocycles. The van der Waals surface area contributed by atoms with E-state index in [9.17, 15) is 4.79 Å². The predicted molar refractivity (Wildman–Crippen MR) is 87.5 cm³/mol. The molecule has 120 valence electrons. The minimum Gasteiger partial charge on any atom is -0.465 e. The minimum atomic E-state index is -1.74. The topological polar surface area (TPSA) is 35.5 Å². The molecule has 0 aromatic carbocycles. The van der Waals surface area contributed by atoms with Gasteiger partial charge in [-0.05, 0) is 36.4 Å². The summed E-state index contributed by atoms with van der Waals surface area (Å²) in [6, 6.07) is 0. The summed E-state index contributed by atoms with van der Waals surface area (Å²) in [6.45, 7) is 14.7. The fourth-order valence-electron chi connectivity index (χ4n) is 2.93. The standard InChI is InChI=1S/C17H30O3Si/c1-12-7-8-14-13(10-19-16(18)15(14)9-12)11-20-21(5,6)17(2,3)4/h7-8,12-15H,9-11H2,1-6H3/t12-,13-,14-,15-/m1/s1. The van der Waals surface area contributed by atoms with E-state index in [1.165, 1.54) is 0 Å². The maximum atomic E-state index is 12.0. The summed E-state index contributed by atoms with van der Waals surface area (Å²) in [6.07, 6.45) is 5.40. The molecule has 0 N–H and O–H groups in total. The van der Waals surface area contributed by atoms with Gasteiger partial charge in [-0.3, -0.25) is 4.79 Å². The Labute approximate surface area is 130 Å². The third-order valence-corrected chi connectivity index (χ3v) is 10.0. The summed E-state index contributed by atoms with van der Waals surface area (Å²) in [5.41, 5.74) is 0. The number of ether oxygens (including phenoxy) is 1. The fourth-order valence-corrected chi connectivity index (χ4v) is 3.99. The lowest BCUT2D eigenvalue weighted by molar-refractivity contribution is -0.161. The van der Waals surface area contributed by atoms with Crippen LogP contribution in [-0.4, -0.2) is 27.5 Å². The van der Waals surface area contributed by atoms with Crippen LogP contribution in [0.25, 0.3) is 0 Å². The monoisotopic (exact) mass is 310 g/mol. The molecule has 0 aromatic heterocycles. The number of fused-ring (bicyclic) bond motifs is 1. The van der Waals surface area contributed by atoms with E-state index in [4.69, 9.17) is 9.16 Å². The first-order valence-electron chi connectivity index (χ1n) is 8.11. The molecule has 0 spiro atoms. The van der Waals surface area contributed by atoms with E-state index in [2.05, 4.69) is 52.9 Å². The highest BCUT2D eigenvalue weighted by molar-refractivity contribution is 6.74. The molecule has 1 aliphatic heterocycles. The number of hydrogen-bond donors (Lipinski definition) is 0. The van der Waals surface area contributed by atoms with Crippen LogP contribution in [0.15, 0.2) is 12.2 Å². The lowest BCUT2D eigenvalue weighted by Crippen LogP contribution is -2.47. The van der Waals surface area contributed by atoms with Crippen LogP contribution in [0, 0.1) is 23.7 Å². The average Bonchev–Trinajstić information content (AvgIpc) is 2.37. The molecular formula is C17H30O3Si. The van der Waals surface area contributed by atoms with Crippen LogP contribution in [0.2, 0.25) is 18.1 Å². The number of esters is 1. The molecule has 1 fully saturated rings. The van der Waals surface area contributed by atoms with Gasteiger partial charge in [0.1, 0.15) is 0 Å². The molecule has 2 aliphatic rings. The van der Waals surface area contributed by atoms with Gasteiger partial charge < -0.3 is 9.16 Å². The number of hydrogen-bond acceptors (Lipinski definition) is 3. The van der Waals surface area contributed by atoms with Crippen LogP contribution in [0.3, 0.4) is 0 Å². The maximum Gasteiger partial charge on any atom is 0.309 e. The maximum absolute atomic E-state index is 12.0. The molecule has 3 nitrogen and oxygen atoms in total. The predicted octanol–water partition coefficient (Wildman–Crippen LogP) is 4.01. The van der Waals surface area contributed by atoms with E-state index >= 15 is 0 Å². The van der Waals surface area contributed by atoms with Gasteiger partial charge >= 0.3 is 5.97 Å². The zero-order chi connectivity index (χ0) is 15.8. The molecule has 1 saturated heterocycles. The van der Waals surface area contributed by atoms with Gasteiger partial charge in [0, 0.05) is 12.5 Å². The zero-order valence-electron chi connectivity index (χ0n) is 14.3. The Morgan fingerprint density at radius 1 is 1.33 bits per heavy atom. The second-order valence-corrected chi connectivity index (χ2v) is 13.1. The zero-order valence-corrected chi connectivity index (χ0v) is 15.3. The number of cyclic esters (lactones) is 1. The van der Waals surface area contributed by atoms with Gasteiger partial charge in [-0.2, -0.15) is 0 Å². The van der Waals surface area contributed by atoms with Gasteiger partial charge in [-0.25, -0.2) is 0 Å². The van der Waals surface area contributed by atoms with Crippen molar-refractivity contribution in [1.29, 1.82) is 0 Å². The number of rotatable bonds is 3. The van der Waals surface area contributed by atoms with Gasteiger partial charge in [-0.1, -0.05) is 39.8 Å². The summed E-state index contributed by atoms with van der Waals surface area (Å²) < 4.78 is 11.8. The van der Waals surface area contributed by atoms with Crippen molar-refractivity contribution < 1.29 is 14.0 Å². The first-order chi connectivity index (χ1) is 9.62. The molecule has 0 saturated carbocycles. The number of carbonyl (C=O) groups excluding carboxylic acids is 1. The first-order valence-corrected chi connectivity index (χ1v) is 11.0. The van der Waals surface area contributed by atoms with Crippen molar-refractivity contribution >= 4 is 14.3 Å². The molecule has 0 aromatic rings. The Morgan fingerprint density at radius 2 is 2.00 bits per heavy atom. The summed E-state index contributed by atoms with van der Waals surface area (Å²) >= 11 is 0. The third-order valence-electron chi connectivity index (χ3n) is 5.50. The Hall–Kier alpha value is -0.613. The molecule has 0 unspecified atom stereocenters. The van der Waals surface area contributed by atoms with E-state index in [1.54, 1.807) is 0 Å². The Kier molecular flexibility index (Phi) is 4.69. The van der Waals surface area contributed by atoms with Crippen molar-refractivity contribution in [1.82, 2.24) is 0 Å². The molecule has 4 atom stereocenters. The molecular weight excluding hydrogens is 280 g/mol. The molecule has 0 radical (unpaired) electrons. The van der Waals surface area contributed by atoms with Gasteiger partial charge in [-0.15, -0.1) is 0 Å². The summed E-state index contributed by atoms with van der Waals surface area (Å²) in [5.74, 6) is 1.10. The van der Waals surface area contributed by atoms with Gasteiger partial charge in [0.15, 0.2) is 8.32 Å². The normalized spacial score (nSPS) is 33.5. The van der Waals surface area contributed by atoms with Crippen molar-refractivity contribution in [2.75, 3.05) is 13.2 Å². The summed E-state index contributed by atoms with van der Waals surface area (Å²) in [7, 11) is -1.74. The van der Waals surface area contributed by atoms with Crippen LogP contribution >= 0.6 is 0 Å². The number of allylic oxidation sites excluding steroid dienone is 2. The third kappa shape index (κ3) is 3.59. The SMILES string of the molecule is C[C@@H]1C=C[C@@H]2[C@@H](CO[Si](C)(C)C(C)(C)C)COC(=O)[C@@H]2C1. The van der Waals surface area contributed by atoms with Crippen LogP contribution in [-0.2, 0) is 14.0 Å². The number of carbonyl (C=O) groups is 1. The largest absolute Gasteiger partial charge is 0.465 e. The first kappa shape index (κ1) is 16.8. The highest BCUT2D eigenvalue weighted by atomic mass is 28.4. The highest BCUT2D eigenvalue weighted by Gasteiger charge is 2.43. The van der Waals surface area contributed by atoms with Gasteiger partial charge in [0.05, 0.1) is 12.5 Å². The van der Waals surface area contributed by atoms with E-state index in [0.29, 0.717) is 31.0 Å². The van der Waals surface area contributed by atoms with Gasteiger partial charge in [0.2, 0.25) is 0 Å². The van der Waals surface area contributed by atoms with Crippen LogP contribution < -0.4 is 0 Å².